The molecule has 2 rings (SSSR count). The predicted octanol–water partition coefficient (Wildman–Crippen LogP) is 3.29. The topological polar surface area (TPSA) is 55.1 Å². The molecule has 2 aromatic rings. The van der Waals surface area contributed by atoms with Gasteiger partial charge in [0.25, 0.3) is 0 Å². The minimum Gasteiger partial charge on any atom is -0.368 e. The van der Waals surface area contributed by atoms with Gasteiger partial charge in [0.1, 0.15) is 11.4 Å². The lowest BCUT2D eigenvalue weighted by Crippen LogP contribution is -2.45. The van der Waals surface area contributed by atoms with Crippen LogP contribution >= 0.6 is 11.6 Å². The Morgan fingerprint density at radius 1 is 1.15 bits per heavy atom. The zero-order chi connectivity index (χ0) is 14.8. The van der Waals surface area contributed by atoms with E-state index in [1.165, 1.54) is 24.3 Å². The number of amides is 1. The summed E-state index contributed by atoms with van der Waals surface area (Å²) >= 11 is 5.82. The molecule has 2 aromatic carbocycles. The van der Waals surface area contributed by atoms with Crippen LogP contribution in [-0.2, 0) is 10.3 Å². The molecular formula is C15H14ClFN2O. The van der Waals surface area contributed by atoms with Gasteiger partial charge in [-0.2, -0.15) is 0 Å². The zero-order valence-electron chi connectivity index (χ0n) is 10.9. The molecule has 3 nitrogen and oxygen atoms in total. The molecule has 0 aliphatic heterocycles. The van der Waals surface area contributed by atoms with Crippen LogP contribution in [0.25, 0.3) is 0 Å². The van der Waals surface area contributed by atoms with Crippen LogP contribution in [0.3, 0.4) is 0 Å². The third-order valence-electron chi connectivity index (χ3n) is 3.15. The van der Waals surface area contributed by atoms with Crippen LogP contribution < -0.4 is 11.1 Å². The van der Waals surface area contributed by atoms with Gasteiger partial charge in [0, 0.05) is 10.7 Å². The van der Waals surface area contributed by atoms with Crippen molar-refractivity contribution < 1.29 is 9.18 Å². The highest BCUT2D eigenvalue weighted by molar-refractivity contribution is 6.30. The van der Waals surface area contributed by atoms with E-state index in [0.717, 1.165) is 0 Å². The fraction of sp³-hybridized carbons (Fsp3) is 0.133. The average molecular weight is 293 g/mol. The molecule has 0 aliphatic carbocycles. The molecule has 0 spiro atoms. The van der Waals surface area contributed by atoms with Gasteiger partial charge in [-0.1, -0.05) is 23.7 Å². The van der Waals surface area contributed by atoms with Crippen molar-refractivity contribution in [3.8, 4) is 0 Å². The molecule has 104 valence electrons. The summed E-state index contributed by atoms with van der Waals surface area (Å²) in [4.78, 5) is 11.8. The highest BCUT2D eigenvalue weighted by atomic mass is 35.5. The smallest absolute Gasteiger partial charge is 0.247 e. The molecule has 0 saturated heterocycles. The summed E-state index contributed by atoms with van der Waals surface area (Å²) in [7, 11) is 0. The maximum absolute atomic E-state index is 13.0. The molecule has 0 aliphatic rings. The van der Waals surface area contributed by atoms with Crippen molar-refractivity contribution in [3.05, 3.63) is 64.9 Å². The lowest BCUT2D eigenvalue weighted by Gasteiger charge is -2.29. The minimum atomic E-state index is -1.14. The Morgan fingerprint density at radius 3 is 2.20 bits per heavy atom. The average Bonchev–Trinajstić information content (AvgIpc) is 2.42. The number of carbonyl (C=O) groups excluding carboxylic acids is 1. The molecule has 0 fully saturated rings. The van der Waals surface area contributed by atoms with Crippen LogP contribution in [0.2, 0.25) is 5.02 Å². The second-order valence-electron chi connectivity index (χ2n) is 4.63. The summed E-state index contributed by atoms with van der Waals surface area (Å²) in [5.74, 6) is -0.925. The van der Waals surface area contributed by atoms with Gasteiger partial charge in [0.15, 0.2) is 0 Å². The molecule has 1 amide bonds. The fourth-order valence-electron chi connectivity index (χ4n) is 1.88. The van der Waals surface area contributed by atoms with E-state index in [2.05, 4.69) is 5.32 Å². The van der Waals surface area contributed by atoms with Crippen molar-refractivity contribution >= 4 is 23.2 Å². The first kappa shape index (κ1) is 14.3. The second kappa shape index (κ2) is 5.51. The van der Waals surface area contributed by atoms with Gasteiger partial charge >= 0.3 is 0 Å². The summed E-state index contributed by atoms with van der Waals surface area (Å²) in [6.07, 6.45) is 0. The third kappa shape index (κ3) is 2.91. The van der Waals surface area contributed by atoms with Gasteiger partial charge in [0.2, 0.25) is 5.91 Å². The van der Waals surface area contributed by atoms with Crippen molar-refractivity contribution in [1.29, 1.82) is 0 Å². The van der Waals surface area contributed by atoms with E-state index in [1.807, 2.05) is 0 Å². The number of benzene rings is 2. The molecule has 1 atom stereocenters. The molecule has 0 bridgehead atoms. The van der Waals surface area contributed by atoms with E-state index in [0.29, 0.717) is 16.3 Å². The molecule has 0 saturated carbocycles. The van der Waals surface area contributed by atoms with Crippen LogP contribution in [0.1, 0.15) is 12.5 Å². The van der Waals surface area contributed by atoms with E-state index in [9.17, 15) is 9.18 Å². The SMILES string of the molecule is CC(Nc1ccc(Cl)cc1)(C(N)=O)c1ccc(F)cc1. The number of anilines is 1. The first-order chi connectivity index (χ1) is 9.41. The van der Waals surface area contributed by atoms with Crippen molar-refractivity contribution in [3.63, 3.8) is 0 Å². The van der Waals surface area contributed by atoms with Crippen LogP contribution in [-0.4, -0.2) is 5.91 Å². The Hall–Kier alpha value is -2.07. The van der Waals surface area contributed by atoms with Gasteiger partial charge < -0.3 is 11.1 Å². The number of carbonyl (C=O) groups is 1. The van der Waals surface area contributed by atoms with Crippen molar-refractivity contribution in [2.24, 2.45) is 5.73 Å². The summed E-state index contributed by atoms with van der Waals surface area (Å²) < 4.78 is 13.0. The Morgan fingerprint density at radius 2 is 1.70 bits per heavy atom. The van der Waals surface area contributed by atoms with E-state index in [-0.39, 0.29) is 5.82 Å². The monoisotopic (exact) mass is 292 g/mol. The van der Waals surface area contributed by atoms with Gasteiger partial charge in [0.05, 0.1) is 0 Å². The maximum Gasteiger partial charge on any atom is 0.247 e. The molecule has 1 unspecified atom stereocenters. The third-order valence-corrected chi connectivity index (χ3v) is 3.40. The summed E-state index contributed by atoms with van der Waals surface area (Å²) in [5, 5.41) is 3.66. The quantitative estimate of drug-likeness (QED) is 0.908. The number of halogens is 2. The maximum atomic E-state index is 13.0. The minimum absolute atomic E-state index is 0.368. The van der Waals surface area contributed by atoms with Crippen LogP contribution in [0.5, 0.6) is 0 Å². The Kier molecular flexibility index (Phi) is 3.95. The van der Waals surface area contributed by atoms with Gasteiger partial charge in [-0.25, -0.2) is 4.39 Å². The van der Waals surface area contributed by atoms with E-state index >= 15 is 0 Å². The van der Waals surface area contributed by atoms with Crippen molar-refractivity contribution in [1.82, 2.24) is 0 Å². The number of nitrogens with two attached hydrogens (primary N) is 1. The highest BCUT2D eigenvalue weighted by Crippen LogP contribution is 2.27. The molecule has 5 heteroatoms. The molecule has 20 heavy (non-hydrogen) atoms. The van der Waals surface area contributed by atoms with Crippen molar-refractivity contribution in [2.45, 2.75) is 12.5 Å². The number of nitrogens with one attached hydrogen (secondary N) is 1. The van der Waals surface area contributed by atoms with Crippen LogP contribution in [0.15, 0.2) is 48.5 Å². The van der Waals surface area contributed by atoms with Gasteiger partial charge in [-0.05, 0) is 48.9 Å². The lowest BCUT2D eigenvalue weighted by atomic mass is 9.91. The molecule has 0 aromatic heterocycles. The number of hydrogen-bond acceptors (Lipinski definition) is 2. The largest absolute Gasteiger partial charge is 0.368 e. The van der Waals surface area contributed by atoms with E-state index in [4.69, 9.17) is 17.3 Å². The first-order valence-electron chi connectivity index (χ1n) is 6.01. The normalized spacial score (nSPS) is 13.6. The first-order valence-corrected chi connectivity index (χ1v) is 6.39. The molecule has 3 N–H and O–H groups in total. The van der Waals surface area contributed by atoms with Gasteiger partial charge in [-0.3, -0.25) is 4.79 Å². The van der Waals surface area contributed by atoms with Crippen molar-refractivity contribution in [2.75, 3.05) is 5.32 Å². The van der Waals surface area contributed by atoms with Crippen LogP contribution in [0.4, 0.5) is 10.1 Å². The van der Waals surface area contributed by atoms with E-state index in [1.54, 1.807) is 31.2 Å². The number of hydrogen-bond donors (Lipinski definition) is 2. The number of rotatable bonds is 4. The molecule has 0 radical (unpaired) electrons. The van der Waals surface area contributed by atoms with E-state index < -0.39 is 11.4 Å². The Labute approximate surface area is 121 Å². The Bertz CT molecular complexity index is 613. The van der Waals surface area contributed by atoms with Crippen LogP contribution in [0, 0.1) is 5.82 Å². The standard InChI is InChI=1S/C15H14ClFN2O/c1-15(14(18)20,10-2-6-12(17)7-3-10)19-13-8-4-11(16)5-9-13/h2-9,19H,1H3,(H2,18,20). The highest BCUT2D eigenvalue weighted by Gasteiger charge is 2.33. The molecule has 0 heterocycles. The summed E-state index contributed by atoms with van der Waals surface area (Å²) in [5.41, 5.74) is 5.64. The summed E-state index contributed by atoms with van der Waals surface area (Å²) in [6, 6.07) is 12.5. The van der Waals surface area contributed by atoms with Gasteiger partial charge in [-0.15, -0.1) is 0 Å². The Balaban J connectivity index is 2.37. The number of primary amides is 1. The molecular weight excluding hydrogens is 279 g/mol. The zero-order valence-corrected chi connectivity index (χ0v) is 11.6. The predicted molar refractivity (Wildman–Crippen MR) is 78.0 cm³/mol. The second-order valence-corrected chi connectivity index (χ2v) is 5.06. The lowest BCUT2D eigenvalue weighted by molar-refractivity contribution is -0.122. The summed E-state index contributed by atoms with van der Waals surface area (Å²) in [6.45, 7) is 1.65. The fourth-order valence-corrected chi connectivity index (χ4v) is 2.01.